The van der Waals surface area contributed by atoms with Crippen LogP contribution in [0.1, 0.15) is 41.7 Å². The predicted molar refractivity (Wildman–Crippen MR) is 150 cm³/mol. The van der Waals surface area contributed by atoms with E-state index in [1.54, 1.807) is 18.2 Å². The lowest BCUT2D eigenvalue weighted by molar-refractivity contribution is -0.673. The summed E-state index contributed by atoms with van der Waals surface area (Å²) < 4.78 is 64.9. The minimum atomic E-state index is -4.08. The zero-order valence-electron chi connectivity index (χ0n) is 20.9. The Balaban J connectivity index is 1.69. The van der Waals surface area contributed by atoms with Gasteiger partial charge in [0.05, 0.1) is 27.8 Å². The van der Waals surface area contributed by atoms with E-state index < -0.39 is 26.2 Å². The van der Waals surface area contributed by atoms with Crippen molar-refractivity contribution in [3.63, 3.8) is 0 Å². The summed E-state index contributed by atoms with van der Waals surface area (Å²) in [5.41, 5.74) is 2.64. The maximum Gasteiger partial charge on any atom is 0.335 e. The lowest BCUT2D eigenvalue weighted by atomic mass is 10.1. The van der Waals surface area contributed by atoms with Gasteiger partial charge in [-0.05, 0) is 49.6 Å². The van der Waals surface area contributed by atoms with E-state index in [9.17, 15) is 26.7 Å². The molecule has 0 fully saturated rings. The second-order valence-corrected chi connectivity index (χ2v) is 13.4. The van der Waals surface area contributed by atoms with Crippen molar-refractivity contribution in [2.75, 3.05) is 23.0 Å². The smallest absolute Gasteiger partial charge is 0.335 e. The minimum absolute atomic E-state index is 0.137. The third-order valence-electron chi connectivity index (χ3n) is 6.29. The highest BCUT2D eigenvalue weighted by Crippen LogP contribution is 2.47. The summed E-state index contributed by atoms with van der Waals surface area (Å²) in [6, 6.07) is 16.6. The summed E-state index contributed by atoms with van der Waals surface area (Å²) in [6.45, 7) is 0.914. The number of carboxylic acids is 1. The van der Waals surface area contributed by atoms with E-state index >= 15 is 0 Å². The number of carboxylic acid groups (broad SMARTS) is 1. The van der Waals surface area contributed by atoms with E-state index in [2.05, 4.69) is 4.57 Å². The highest BCUT2D eigenvalue weighted by molar-refractivity contribution is 8.03. The van der Waals surface area contributed by atoms with Gasteiger partial charge >= 0.3 is 5.97 Å². The summed E-state index contributed by atoms with van der Waals surface area (Å²) in [4.78, 5) is 14.4. The van der Waals surface area contributed by atoms with Gasteiger partial charge < -0.3 is 10.0 Å². The normalized spacial score (nSPS) is 14.7. The summed E-state index contributed by atoms with van der Waals surface area (Å²) in [5.74, 6) is -1.73. The molecular formula is C26H29N2O8S3+. The van der Waals surface area contributed by atoms with E-state index in [1.165, 1.54) is 11.8 Å². The number of thioether (sulfide) groups is 1. The summed E-state index contributed by atoms with van der Waals surface area (Å²) in [6.07, 6.45) is 3.47. The molecule has 13 heteroatoms. The molecule has 3 aromatic rings. The highest BCUT2D eigenvalue weighted by Gasteiger charge is 2.28. The summed E-state index contributed by atoms with van der Waals surface area (Å²) >= 11 is 1.47. The maximum atomic E-state index is 11.6. The Labute approximate surface area is 231 Å². The van der Waals surface area contributed by atoms with Gasteiger partial charge in [-0.1, -0.05) is 23.9 Å². The number of pyridine rings is 1. The van der Waals surface area contributed by atoms with Gasteiger partial charge in [0, 0.05) is 41.5 Å². The molecule has 0 unspecified atom stereocenters. The number of para-hydroxylation sites is 1. The number of rotatable bonds is 12. The zero-order valence-corrected chi connectivity index (χ0v) is 23.4. The number of carbonyl (C=O) groups is 1. The Kier molecular flexibility index (Phi) is 8.96. The average Bonchev–Trinajstić information content (AvgIpc) is 3.20. The molecule has 0 amide bonds. The minimum Gasteiger partial charge on any atom is -0.478 e. The fraction of sp³-hybridized carbons (Fsp3) is 0.308. The van der Waals surface area contributed by atoms with Gasteiger partial charge in [0.25, 0.3) is 20.2 Å². The fourth-order valence-electron chi connectivity index (χ4n) is 4.46. The number of benzene rings is 2. The number of nitrogens with zero attached hydrogens (tertiary/aromatic N) is 2. The van der Waals surface area contributed by atoms with Gasteiger partial charge in [-0.3, -0.25) is 9.11 Å². The van der Waals surface area contributed by atoms with Crippen molar-refractivity contribution in [1.82, 2.24) is 0 Å². The SMILES string of the molecule is O=C(O)c1ccc2c(c1)N(CCCCS(=O)(=O)O)C(=Cc1ccc3ccccc3[n+]1CCCCS(=O)(=O)O)S2. The Morgan fingerprint density at radius 1 is 0.897 bits per heavy atom. The molecule has 0 atom stereocenters. The molecule has 1 aliphatic rings. The molecule has 0 bridgehead atoms. The number of aromatic nitrogens is 1. The van der Waals surface area contributed by atoms with Gasteiger partial charge in [0.2, 0.25) is 11.2 Å². The second-order valence-electron chi connectivity index (χ2n) is 9.18. The number of aryl methyl sites for hydroxylation is 1. The number of fused-ring (bicyclic) bond motifs is 2. The van der Waals surface area contributed by atoms with Crippen LogP contribution in [0.5, 0.6) is 0 Å². The Morgan fingerprint density at radius 3 is 2.28 bits per heavy atom. The average molecular weight is 594 g/mol. The first kappa shape index (κ1) is 29.0. The van der Waals surface area contributed by atoms with Crippen LogP contribution in [0.15, 0.2) is 64.5 Å². The molecule has 10 nitrogen and oxygen atoms in total. The van der Waals surface area contributed by atoms with E-state index in [0.717, 1.165) is 26.5 Å². The van der Waals surface area contributed by atoms with Crippen molar-refractivity contribution in [3.8, 4) is 0 Å². The molecule has 4 rings (SSSR count). The Hall–Kier alpha value is -2.97. The molecule has 2 heterocycles. The first-order valence-electron chi connectivity index (χ1n) is 12.3. The summed E-state index contributed by atoms with van der Waals surface area (Å²) in [5, 5.41) is 11.3. The molecule has 1 aromatic heterocycles. The molecule has 3 N–H and O–H groups in total. The number of unbranched alkanes of at least 4 members (excludes halogenated alkanes) is 2. The fourth-order valence-corrected chi connectivity index (χ4v) is 6.71. The first-order chi connectivity index (χ1) is 18.4. The molecule has 0 saturated heterocycles. The van der Waals surface area contributed by atoms with Crippen LogP contribution in [-0.2, 0) is 26.8 Å². The van der Waals surface area contributed by atoms with Crippen LogP contribution in [0.4, 0.5) is 5.69 Å². The van der Waals surface area contributed by atoms with Crippen molar-refractivity contribution >= 4 is 60.6 Å². The molecular weight excluding hydrogens is 564 g/mol. The maximum absolute atomic E-state index is 11.6. The molecule has 208 valence electrons. The second kappa shape index (κ2) is 12.0. The Morgan fingerprint density at radius 2 is 1.59 bits per heavy atom. The van der Waals surface area contributed by atoms with Gasteiger partial charge in [0.1, 0.15) is 6.54 Å². The van der Waals surface area contributed by atoms with Crippen molar-refractivity contribution in [1.29, 1.82) is 0 Å². The van der Waals surface area contributed by atoms with Crippen molar-refractivity contribution < 1.29 is 40.4 Å². The molecule has 39 heavy (non-hydrogen) atoms. The third kappa shape index (κ3) is 7.79. The molecule has 0 aliphatic carbocycles. The zero-order chi connectivity index (χ0) is 28.2. The lowest BCUT2D eigenvalue weighted by Crippen LogP contribution is -2.38. The van der Waals surface area contributed by atoms with Crippen molar-refractivity contribution in [3.05, 3.63) is 70.9 Å². The van der Waals surface area contributed by atoms with Crippen LogP contribution in [0, 0.1) is 0 Å². The predicted octanol–water partition coefficient (Wildman–Crippen LogP) is 4.07. The topological polar surface area (TPSA) is 153 Å². The highest BCUT2D eigenvalue weighted by atomic mass is 32.2. The van der Waals surface area contributed by atoms with Gasteiger partial charge in [-0.25, -0.2) is 4.79 Å². The van der Waals surface area contributed by atoms with E-state index in [1.807, 2.05) is 47.4 Å². The van der Waals surface area contributed by atoms with Gasteiger partial charge in [0.15, 0.2) is 0 Å². The largest absolute Gasteiger partial charge is 0.478 e. The van der Waals surface area contributed by atoms with Crippen LogP contribution < -0.4 is 9.47 Å². The number of hydrogen-bond acceptors (Lipinski definition) is 7. The summed E-state index contributed by atoms with van der Waals surface area (Å²) in [7, 11) is -8.12. The van der Waals surface area contributed by atoms with Crippen LogP contribution in [-0.4, -0.2) is 55.1 Å². The number of anilines is 1. The van der Waals surface area contributed by atoms with Gasteiger partial charge in [-0.2, -0.15) is 21.4 Å². The van der Waals surface area contributed by atoms with E-state index in [4.69, 9.17) is 9.11 Å². The van der Waals surface area contributed by atoms with Crippen LogP contribution >= 0.6 is 11.8 Å². The number of hydrogen-bond donors (Lipinski definition) is 3. The van der Waals surface area contributed by atoms with Gasteiger partial charge in [-0.15, -0.1) is 0 Å². The van der Waals surface area contributed by atoms with Crippen LogP contribution in [0.3, 0.4) is 0 Å². The van der Waals surface area contributed by atoms with Crippen LogP contribution in [0.2, 0.25) is 0 Å². The standard InChI is InChI=1S/C26H28N2O8S3/c29-26(30)20-10-12-24-23(17-20)28(14-4-6-16-39(34,35)36)25(37-24)18-21-11-9-19-7-1-2-8-22(19)27(21)13-3-5-15-38(31,32)33/h1-2,7-12,17-18H,3-6,13-16H2,(H2-,29,30,31,32,33,34,35,36)/p+1. The van der Waals surface area contributed by atoms with E-state index in [0.29, 0.717) is 38.0 Å². The molecule has 1 aliphatic heterocycles. The third-order valence-corrected chi connectivity index (χ3v) is 9.01. The van der Waals surface area contributed by atoms with Crippen molar-refractivity contribution in [2.45, 2.75) is 37.1 Å². The lowest BCUT2D eigenvalue weighted by Gasteiger charge is -2.20. The number of aromatic carboxylic acids is 1. The molecule has 2 aromatic carbocycles. The van der Waals surface area contributed by atoms with Crippen LogP contribution in [0.25, 0.3) is 17.0 Å². The molecule has 0 spiro atoms. The quantitative estimate of drug-likeness (QED) is 0.159. The monoisotopic (exact) mass is 593 g/mol. The molecule has 0 saturated carbocycles. The molecule has 0 radical (unpaired) electrons. The van der Waals surface area contributed by atoms with Crippen molar-refractivity contribution in [2.24, 2.45) is 0 Å². The first-order valence-corrected chi connectivity index (χ1v) is 16.3. The van der Waals surface area contributed by atoms with E-state index in [-0.39, 0.29) is 23.5 Å². The Bertz CT molecular complexity index is 1640.